The number of carbonyl (C=O) groups excluding carboxylic acids is 1. The summed E-state index contributed by atoms with van der Waals surface area (Å²) in [6.45, 7) is 7.59. The number of thiazole rings is 1. The topological polar surface area (TPSA) is 86.3 Å². The highest BCUT2D eigenvalue weighted by Gasteiger charge is 2.35. The third-order valence-corrected chi connectivity index (χ3v) is 6.40. The van der Waals surface area contributed by atoms with Gasteiger partial charge in [0, 0.05) is 31.8 Å². The van der Waals surface area contributed by atoms with E-state index >= 15 is 0 Å². The number of fused-ring (bicyclic) bond motifs is 1. The zero-order valence-corrected chi connectivity index (χ0v) is 21.5. The monoisotopic (exact) mass is 495 g/mol. The molecule has 4 rings (SSSR count). The summed E-state index contributed by atoms with van der Waals surface area (Å²) in [5.74, 6) is 1.33. The lowest BCUT2D eigenvalue weighted by molar-refractivity contribution is -0.139. The van der Waals surface area contributed by atoms with E-state index in [1.165, 1.54) is 11.3 Å². The molecule has 3 aromatic rings. The quantitative estimate of drug-likeness (QED) is 0.468. The third kappa shape index (κ3) is 4.81. The van der Waals surface area contributed by atoms with Gasteiger partial charge >= 0.3 is 5.97 Å². The van der Waals surface area contributed by atoms with Crippen molar-refractivity contribution in [3.63, 3.8) is 0 Å². The molecule has 8 nitrogen and oxygen atoms in total. The van der Waals surface area contributed by atoms with Crippen molar-refractivity contribution in [1.29, 1.82) is 0 Å². The van der Waals surface area contributed by atoms with Gasteiger partial charge in [-0.25, -0.2) is 9.79 Å². The van der Waals surface area contributed by atoms with E-state index in [4.69, 9.17) is 13.9 Å². The number of rotatable bonds is 7. The molecule has 0 radical (unpaired) electrons. The molecular weight excluding hydrogens is 466 g/mol. The Morgan fingerprint density at radius 1 is 1.26 bits per heavy atom. The van der Waals surface area contributed by atoms with Crippen LogP contribution < -0.4 is 24.5 Å². The molecule has 1 aromatic carbocycles. The largest absolute Gasteiger partial charge is 0.491 e. The fourth-order valence-corrected chi connectivity index (χ4v) is 4.97. The second-order valence-corrected chi connectivity index (χ2v) is 9.59. The number of furan rings is 1. The lowest BCUT2D eigenvalue weighted by atomic mass is 9.95. The van der Waals surface area contributed by atoms with E-state index in [9.17, 15) is 9.59 Å². The summed E-state index contributed by atoms with van der Waals surface area (Å²) in [5.41, 5.74) is 1.25. The summed E-state index contributed by atoms with van der Waals surface area (Å²) in [6.07, 6.45) is 1.61. The van der Waals surface area contributed by atoms with E-state index < -0.39 is 12.0 Å². The fourth-order valence-electron chi connectivity index (χ4n) is 3.94. The van der Waals surface area contributed by atoms with E-state index in [1.54, 1.807) is 24.5 Å². The van der Waals surface area contributed by atoms with Gasteiger partial charge in [-0.15, -0.1) is 0 Å². The molecule has 1 aliphatic heterocycles. The Kier molecular flexibility index (Phi) is 6.98. The average Bonchev–Trinajstić information content (AvgIpc) is 3.38. The SMILES string of the molecule is CCOC(=O)C1=C(C)N=c2s/c(=C\c3ccc(N(C)C)o3)c(=O)n2[C@H]1c1ccccc1OC(C)C. The summed E-state index contributed by atoms with van der Waals surface area (Å²) in [7, 11) is 3.76. The summed E-state index contributed by atoms with van der Waals surface area (Å²) >= 11 is 1.25. The Hall–Kier alpha value is -3.59. The molecular formula is C26H29N3O5S. The van der Waals surface area contributed by atoms with E-state index in [-0.39, 0.29) is 18.3 Å². The van der Waals surface area contributed by atoms with Gasteiger partial charge in [-0.1, -0.05) is 29.5 Å². The molecule has 0 saturated carbocycles. The van der Waals surface area contributed by atoms with Gasteiger partial charge in [0.15, 0.2) is 10.7 Å². The van der Waals surface area contributed by atoms with E-state index in [2.05, 4.69) is 4.99 Å². The standard InChI is InChI=1S/C26H29N3O5S/c1-7-32-25(31)22-16(4)27-26-29(23(22)18-10-8-9-11-19(18)33-15(2)3)24(30)20(35-26)14-17-12-13-21(34-17)28(5)6/h8-15,23H,7H2,1-6H3/b20-14-/t23-/m0/s1. The number of hydrogen-bond donors (Lipinski definition) is 0. The molecule has 0 aliphatic carbocycles. The number of nitrogens with zero attached hydrogens (tertiary/aromatic N) is 3. The lowest BCUT2D eigenvalue weighted by Crippen LogP contribution is -2.40. The molecule has 9 heteroatoms. The first kappa shape index (κ1) is 24.5. The predicted octanol–water partition coefficient (Wildman–Crippen LogP) is 3.24. The van der Waals surface area contributed by atoms with Crippen LogP contribution in [0.15, 0.2) is 61.9 Å². The van der Waals surface area contributed by atoms with Crippen molar-refractivity contribution in [2.45, 2.75) is 39.8 Å². The number of para-hydroxylation sites is 1. The van der Waals surface area contributed by atoms with Crippen molar-refractivity contribution >= 4 is 29.3 Å². The van der Waals surface area contributed by atoms with Crippen LogP contribution >= 0.6 is 11.3 Å². The molecule has 35 heavy (non-hydrogen) atoms. The smallest absolute Gasteiger partial charge is 0.338 e. The first-order valence-electron chi connectivity index (χ1n) is 11.4. The molecule has 0 fully saturated rings. The predicted molar refractivity (Wildman–Crippen MR) is 136 cm³/mol. The van der Waals surface area contributed by atoms with Crippen LogP contribution in [0.2, 0.25) is 0 Å². The third-order valence-electron chi connectivity index (χ3n) is 5.42. The minimum atomic E-state index is -0.740. The van der Waals surface area contributed by atoms with Gasteiger partial charge in [0.25, 0.3) is 5.56 Å². The van der Waals surface area contributed by atoms with Crippen LogP contribution in [0.25, 0.3) is 6.08 Å². The van der Waals surface area contributed by atoms with Crippen molar-refractivity contribution in [3.05, 3.63) is 78.7 Å². The van der Waals surface area contributed by atoms with E-state index in [1.807, 2.05) is 69.2 Å². The van der Waals surface area contributed by atoms with Crippen molar-refractivity contribution in [2.75, 3.05) is 25.6 Å². The summed E-state index contributed by atoms with van der Waals surface area (Å²) < 4.78 is 19.2. The second kappa shape index (κ2) is 9.95. The van der Waals surface area contributed by atoms with Gasteiger partial charge in [0.05, 0.1) is 28.5 Å². The molecule has 0 N–H and O–H groups in total. The molecule has 0 spiro atoms. The van der Waals surface area contributed by atoms with Gasteiger partial charge in [-0.05, 0) is 39.8 Å². The molecule has 0 unspecified atom stereocenters. The zero-order valence-electron chi connectivity index (χ0n) is 20.7. The van der Waals surface area contributed by atoms with Crippen LogP contribution in [0.1, 0.15) is 45.1 Å². The van der Waals surface area contributed by atoms with Gasteiger partial charge < -0.3 is 18.8 Å². The molecule has 0 amide bonds. The highest BCUT2D eigenvalue weighted by atomic mass is 32.1. The first-order chi connectivity index (χ1) is 16.7. The molecule has 2 aromatic heterocycles. The van der Waals surface area contributed by atoms with E-state index in [0.717, 1.165) is 0 Å². The van der Waals surface area contributed by atoms with E-state index in [0.29, 0.717) is 43.6 Å². The van der Waals surface area contributed by atoms with Crippen molar-refractivity contribution in [1.82, 2.24) is 4.57 Å². The Morgan fingerprint density at radius 3 is 2.66 bits per heavy atom. The molecule has 3 heterocycles. The fraction of sp³-hybridized carbons (Fsp3) is 0.346. The first-order valence-corrected chi connectivity index (χ1v) is 12.2. The zero-order chi connectivity index (χ0) is 25.3. The maximum atomic E-state index is 13.7. The summed E-state index contributed by atoms with van der Waals surface area (Å²) in [5, 5.41) is 0. The molecule has 0 bridgehead atoms. The maximum Gasteiger partial charge on any atom is 0.338 e. The van der Waals surface area contributed by atoms with Crippen LogP contribution in [0, 0.1) is 0 Å². The number of ether oxygens (including phenoxy) is 2. The van der Waals surface area contributed by atoms with Crippen LogP contribution in [0.4, 0.5) is 5.88 Å². The highest BCUT2D eigenvalue weighted by Crippen LogP contribution is 2.36. The van der Waals surface area contributed by atoms with Crippen LogP contribution in [0.3, 0.4) is 0 Å². The molecule has 0 saturated heterocycles. The number of allylic oxidation sites excluding steroid dienone is 1. The minimum absolute atomic E-state index is 0.0899. The average molecular weight is 496 g/mol. The van der Waals surface area contributed by atoms with Gasteiger partial charge in [0.2, 0.25) is 0 Å². The minimum Gasteiger partial charge on any atom is -0.491 e. The van der Waals surface area contributed by atoms with Crippen molar-refractivity contribution < 1.29 is 18.7 Å². The molecule has 1 atom stereocenters. The van der Waals surface area contributed by atoms with Gasteiger partial charge in [0.1, 0.15) is 17.6 Å². The number of esters is 1. The van der Waals surface area contributed by atoms with Crippen molar-refractivity contribution in [3.8, 4) is 5.75 Å². The summed E-state index contributed by atoms with van der Waals surface area (Å²) in [6, 6.07) is 10.4. The normalized spacial score (nSPS) is 15.7. The Bertz CT molecular complexity index is 1460. The Balaban J connectivity index is 1.95. The summed E-state index contributed by atoms with van der Waals surface area (Å²) in [4.78, 5) is 33.8. The number of aromatic nitrogens is 1. The molecule has 1 aliphatic rings. The number of anilines is 1. The Labute approximate surface area is 207 Å². The second-order valence-electron chi connectivity index (χ2n) is 8.58. The van der Waals surface area contributed by atoms with Crippen LogP contribution in [-0.2, 0) is 9.53 Å². The highest BCUT2D eigenvalue weighted by molar-refractivity contribution is 7.07. The maximum absolute atomic E-state index is 13.7. The van der Waals surface area contributed by atoms with Crippen molar-refractivity contribution in [2.24, 2.45) is 4.99 Å². The Morgan fingerprint density at radius 2 is 2.00 bits per heavy atom. The van der Waals surface area contributed by atoms with Gasteiger partial charge in [-0.2, -0.15) is 0 Å². The molecule has 184 valence electrons. The van der Waals surface area contributed by atoms with Crippen LogP contribution in [0.5, 0.6) is 5.75 Å². The number of benzene rings is 1. The lowest BCUT2D eigenvalue weighted by Gasteiger charge is -2.26. The van der Waals surface area contributed by atoms with Crippen LogP contribution in [-0.4, -0.2) is 37.3 Å². The number of carbonyl (C=O) groups is 1. The van der Waals surface area contributed by atoms with Gasteiger partial charge in [-0.3, -0.25) is 9.36 Å². The number of hydrogen-bond acceptors (Lipinski definition) is 8.